The minimum absolute atomic E-state index is 0.166. The first-order chi connectivity index (χ1) is 12.7. The minimum Gasteiger partial charge on any atom is -0.472 e. The Labute approximate surface area is 155 Å². The maximum atomic E-state index is 12.7. The van der Waals surface area contributed by atoms with E-state index in [0.717, 1.165) is 12.1 Å². The maximum Gasteiger partial charge on any atom is 0.416 e. The van der Waals surface area contributed by atoms with Gasteiger partial charge >= 0.3 is 6.18 Å². The number of benzene rings is 1. The number of nitrogens with zero attached hydrogens (tertiary/aromatic N) is 3. The third-order valence-electron chi connectivity index (χ3n) is 4.19. The van der Waals surface area contributed by atoms with Gasteiger partial charge in [-0.1, -0.05) is 12.1 Å². The number of piperidine rings is 1. The van der Waals surface area contributed by atoms with Crippen LogP contribution < -0.4 is 4.74 Å². The van der Waals surface area contributed by atoms with Crippen molar-refractivity contribution in [2.75, 3.05) is 13.1 Å². The molecule has 1 unspecified atom stereocenters. The summed E-state index contributed by atoms with van der Waals surface area (Å²) < 4.78 is 70.2. The molecule has 1 saturated heterocycles. The highest BCUT2D eigenvalue weighted by Crippen LogP contribution is 2.29. The van der Waals surface area contributed by atoms with Crippen molar-refractivity contribution in [2.45, 2.75) is 30.9 Å². The lowest BCUT2D eigenvalue weighted by atomic mass is 10.1. The van der Waals surface area contributed by atoms with Crippen LogP contribution in [0.4, 0.5) is 13.2 Å². The van der Waals surface area contributed by atoms with Gasteiger partial charge in [0.05, 0.1) is 24.1 Å². The topological polar surface area (TPSA) is 72.4 Å². The van der Waals surface area contributed by atoms with Gasteiger partial charge in [-0.05, 0) is 30.5 Å². The van der Waals surface area contributed by atoms with Crippen LogP contribution >= 0.6 is 0 Å². The van der Waals surface area contributed by atoms with E-state index in [-0.39, 0.29) is 18.4 Å². The number of rotatable bonds is 5. The number of alkyl halides is 3. The predicted octanol–water partition coefficient (Wildman–Crippen LogP) is 2.87. The van der Waals surface area contributed by atoms with Crippen molar-refractivity contribution < 1.29 is 26.3 Å². The average Bonchev–Trinajstić information content (AvgIpc) is 2.62. The van der Waals surface area contributed by atoms with Crippen molar-refractivity contribution in [3.8, 4) is 5.88 Å². The second kappa shape index (κ2) is 7.81. The molecule has 0 amide bonds. The van der Waals surface area contributed by atoms with Gasteiger partial charge in [0.25, 0.3) is 0 Å². The molecule has 0 N–H and O–H groups in total. The van der Waals surface area contributed by atoms with E-state index < -0.39 is 21.8 Å². The molecule has 1 fully saturated rings. The summed E-state index contributed by atoms with van der Waals surface area (Å²) in [6.07, 6.45) is 0.953. The van der Waals surface area contributed by atoms with Gasteiger partial charge in [0.2, 0.25) is 15.9 Å². The molecule has 1 aliphatic heterocycles. The predicted molar refractivity (Wildman–Crippen MR) is 91.3 cm³/mol. The van der Waals surface area contributed by atoms with Crippen LogP contribution in [0, 0.1) is 0 Å². The van der Waals surface area contributed by atoms with Crippen LogP contribution in [0.5, 0.6) is 5.88 Å². The summed E-state index contributed by atoms with van der Waals surface area (Å²) in [4.78, 5) is 7.91. The minimum atomic E-state index is -4.45. The summed E-state index contributed by atoms with van der Waals surface area (Å²) in [7, 11) is -3.67. The Morgan fingerprint density at radius 1 is 1.19 bits per heavy atom. The fourth-order valence-electron chi connectivity index (χ4n) is 2.86. The second-order valence-corrected chi connectivity index (χ2v) is 8.20. The van der Waals surface area contributed by atoms with Gasteiger partial charge < -0.3 is 4.74 Å². The van der Waals surface area contributed by atoms with E-state index in [0.29, 0.717) is 30.8 Å². The van der Waals surface area contributed by atoms with Gasteiger partial charge in [-0.25, -0.2) is 13.4 Å². The molecule has 2 heterocycles. The SMILES string of the molecule is O=S(=O)(Cc1ccc(C(F)(F)F)cc1)N1CCCC(Oc2cnccn2)C1. The zero-order valence-corrected chi connectivity index (χ0v) is 15.1. The number of ether oxygens (including phenoxy) is 1. The summed E-state index contributed by atoms with van der Waals surface area (Å²) in [5.41, 5.74) is -0.501. The van der Waals surface area contributed by atoms with Gasteiger partial charge in [0.15, 0.2) is 0 Å². The molecule has 10 heteroatoms. The lowest BCUT2D eigenvalue weighted by Gasteiger charge is -2.31. The van der Waals surface area contributed by atoms with Crippen molar-refractivity contribution in [3.63, 3.8) is 0 Å². The van der Waals surface area contributed by atoms with Gasteiger partial charge in [0, 0.05) is 18.9 Å². The normalized spacial score (nSPS) is 19.0. The monoisotopic (exact) mass is 401 g/mol. The highest BCUT2D eigenvalue weighted by atomic mass is 32.2. The van der Waals surface area contributed by atoms with Crippen LogP contribution in [0.2, 0.25) is 0 Å². The first kappa shape index (κ1) is 19.6. The molecule has 3 rings (SSSR count). The summed E-state index contributed by atoms with van der Waals surface area (Å²) in [5, 5.41) is 0. The van der Waals surface area contributed by atoms with Crippen molar-refractivity contribution in [1.82, 2.24) is 14.3 Å². The zero-order valence-electron chi connectivity index (χ0n) is 14.3. The van der Waals surface area contributed by atoms with Gasteiger partial charge in [0.1, 0.15) is 6.10 Å². The molecule has 2 aromatic rings. The Hall–Kier alpha value is -2.20. The van der Waals surface area contributed by atoms with Crippen molar-refractivity contribution in [2.24, 2.45) is 0 Å². The molecule has 0 radical (unpaired) electrons. The van der Waals surface area contributed by atoms with E-state index in [9.17, 15) is 21.6 Å². The average molecular weight is 401 g/mol. The Balaban J connectivity index is 1.65. The van der Waals surface area contributed by atoms with Crippen molar-refractivity contribution in [1.29, 1.82) is 0 Å². The molecule has 0 bridgehead atoms. The Morgan fingerprint density at radius 3 is 2.56 bits per heavy atom. The van der Waals surface area contributed by atoms with Crippen molar-refractivity contribution >= 4 is 10.0 Å². The van der Waals surface area contributed by atoms with Crippen molar-refractivity contribution in [3.05, 3.63) is 54.0 Å². The molecule has 0 aliphatic carbocycles. The fraction of sp³-hybridized carbons (Fsp3) is 0.412. The van der Waals surface area contributed by atoms with E-state index >= 15 is 0 Å². The second-order valence-electron chi connectivity index (χ2n) is 6.23. The number of halogens is 3. The van der Waals surface area contributed by atoms with Crippen LogP contribution in [0.25, 0.3) is 0 Å². The Bertz CT molecular complexity index is 858. The van der Waals surface area contributed by atoms with Crippen LogP contribution in [0.3, 0.4) is 0 Å². The van der Waals surface area contributed by atoms with Crippen LogP contribution in [0.1, 0.15) is 24.0 Å². The largest absolute Gasteiger partial charge is 0.472 e. The van der Waals surface area contributed by atoms with E-state index in [1.165, 1.54) is 35.0 Å². The fourth-order valence-corrected chi connectivity index (χ4v) is 4.46. The van der Waals surface area contributed by atoms with Crippen LogP contribution in [-0.2, 0) is 22.0 Å². The zero-order chi connectivity index (χ0) is 19.5. The summed E-state index contributed by atoms with van der Waals surface area (Å²) in [6.45, 7) is 0.517. The smallest absolute Gasteiger partial charge is 0.416 e. The maximum absolute atomic E-state index is 12.7. The summed E-state index contributed by atoms with van der Waals surface area (Å²) in [5.74, 6) is -0.0345. The van der Waals surface area contributed by atoms with E-state index in [2.05, 4.69) is 9.97 Å². The lowest BCUT2D eigenvalue weighted by Crippen LogP contribution is -2.44. The number of hydrogen-bond donors (Lipinski definition) is 0. The van der Waals surface area contributed by atoms with Gasteiger partial charge in [-0.2, -0.15) is 17.5 Å². The van der Waals surface area contributed by atoms with E-state index in [4.69, 9.17) is 4.74 Å². The first-order valence-electron chi connectivity index (χ1n) is 8.31. The van der Waals surface area contributed by atoms with Crippen LogP contribution in [0.15, 0.2) is 42.9 Å². The highest BCUT2D eigenvalue weighted by molar-refractivity contribution is 7.88. The quantitative estimate of drug-likeness (QED) is 0.770. The molecular weight excluding hydrogens is 383 g/mol. The first-order valence-corrected chi connectivity index (χ1v) is 9.91. The van der Waals surface area contributed by atoms with Gasteiger partial charge in [-0.15, -0.1) is 0 Å². The molecule has 0 spiro atoms. The molecule has 27 heavy (non-hydrogen) atoms. The van der Waals surface area contributed by atoms with Gasteiger partial charge in [-0.3, -0.25) is 4.98 Å². The van der Waals surface area contributed by atoms with Crippen LogP contribution in [-0.4, -0.2) is 41.9 Å². The Morgan fingerprint density at radius 2 is 1.93 bits per heavy atom. The third-order valence-corrected chi connectivity index (χ3v) is 6.01. The third kappa shape index (κ3) is 5.16. The molecule has 1 aliphatic rings. The highest BCUT2D eigenvalue weighted by Gasteiger charge is 2.32. The number of sulfonamides is 1. The molecule has 6 nitrogen and oxygen atoms in total. The summed E-state index contributed by atoms with van der Waals surface area (Å²) >= 11 is 0. The Kier molecular flexibility index (Phi) is 5.66. The standard InChI is InChI=1S/C17H18F3N3O3S/c18-17(19,20)14-5-3-13(4-6-14)12-27(24,25)23-9-1-2-15(11-23)26-16-10-21-7-8-22-16/h3-8,10,15H,1-2,9,11-12H2. The molecular formula is C17H18F3N3O3S. The van der Waals surface area contributed by atoms with E-state index in [1.807, 2.05) is 0 Å². The molecule has 0 saturated carbocycles. The summed E-state index contributed by atoms with van der Waals surface area (Å²) in [6, 6.07) is 4.16. The molecule has 1 aromatic heterocycles. The number of aromatic nitrogens is 2. The molecule has 1 atom stereocenters. The molecule has 1 aromatic carbocycles. The lowest BCUT2D eigenvalue weighted by molar-refractivity contribution is -0.137. The number of hydrogen-bond acceptors (Lipinski definition) is 5. The van der Waals surface area contributed by atoms with E-state index in [1.54, 1.807) is 0 Å². The molecule has 146 valence electrons.